The molecule has 18 heavy (non-hydrogen) atoms. The fourth-order valence-corrected chi connectivity index (χ4v) is 2.11. The molecule has 1 aromatic carbocycles. The second-order valence-electron chi connectivity index (χ2n) is 3.96. The molecule has 0 spiro atoms. The van der Waals surface area contributed by atoms with Crippen molar-refractivity contribution in [2.45, 2.75) is 12.8 Å². The van der Waals surface area contributed by atoms with Crippen molar-refractivity contribution in [1.82, 2.24) is 0 Å². The number of benzene rings is 1. The zero-order chi connectivity index (χ0) is 13.3. The van der Waals surface area contributed by atoms with Crippen molar-refractivity contribution >= 4 is 29.0 Å². The molecule has 3 nitrogen and oxygen atoms in total. The summed E-state index contributed by atoms with van der Waals surface area (Å²) in [6.45, 7) is 0.229. The monoisotopic (exact) mass is 273 g/mol. The third-order valence-corrected chi connectivity index (χ3v) is 3.02. The molecule has 96 valence electrons. The van der Waals surface area contributed by atoms with Crippen molar-refractivity contribution in [2.75, 3.05) is 17.3 Å². The Morgan fingerprint density at radius 3 is 2.56 bits per heavy atom. The molecule has 1 aromatic rings. The lowest BCUT2D eigenvalue weighted by Gasteiger charge is -2.15. The molecule has 1 amide bonds. The molecule has 0 N–H and O–H groups in total. The van der Waals surface area contributed by atoms with Crippen molar-refractivity contribution in [3.05, 3.63) is 29.3 Å². The number of unbranched alkanes of at least 4 members (excludes halogenated alkanes) is 1. The Labute approximate surface area is 107 Å². The van der Waals surface area contributed by atoms with E-state index in [1.807, 2.05) is 0 Å². The van der Waals surface area contributed by atoms with E-state index in [4.69, 9.17) is 11.6 Å². The van der Waals surface area contributed by atoms with Gasteiger partial charge in [-0.25, -0.2) is 8.78 Å². The van der Waals surface area contributed by atoms with Gasteiger partial charge < -0.3 is 4.90 Å². The molecule has 1 aliphatic rings. The molecule has 6 heteroatoms. The number of alkyl halides is 1. The van der Waals surface area contributed by atoms with Crippen LogP contribution in [0.15, 0.2) is 12.1 Å². The van der Waals surface area contributed by atoms with Crippen LogP contribution in [-0.4, -0.2) is 24.1 Å². The molecule has 0 radical (unpaired) electrons. The average Bonchev–Trinajstić information content (AvgIpc) is 2.54. The minimum absolute atomic E-state index is 0.0112. The van der Waals surface area contributed by atoms with Gasteiger partial charge in [0.05, 0.1) is 11.3 Å². The third kappa shape index (κ3) is 2.10. The lowest BCUT2D eigenvalue weighted by atomic mass is 10.1. The highest BCUT2D eigenvalue weighted by Crippen LogP contribution is 2.32. The summed E-state index contributed by atoms with van der Waals surface area (Å²) >= 11 is 5.51. The van der Waals surface area contributed by atoms with Crippen LogP contribution in [0.3, 0.4) is 0 Å². The molecule has 0 aromatic heterocycles. The Bertz CT molecular complexity index is 519. The summed E-state index contributed by atoms with van der Waals surface area (Å²) in [4.78, 5) is 24.4. The smallest absolute Gasteiger partial charge is 0.299 e. The van der Waals surface area contributed by atoms with Crippen LogP contribution in [0.25, 0.3) is 0 Å². The molecule has 0 aliphatic carbocycles. The average molecular weight is 274 g/mol. The summed E-state index contributed by atoms with van der Waals surface area (Å²) in [7, 11) is 0. The van der Waals surface area contributed by atoms with Gasteiger partial charge in [0, 0.05) is 18.5 Å². The van der Waals surface area contributed by atoms with Gasteiger partial charge in [-0.3, -0.25) is 9.59 Å². The maximum absolute atomic E-state index is 13.5. The fraction of sp³-hybridized carbons (Fsp3) is 0.333. The highest BCUT2D eigenvalue weighted by molar-refractivity contribution is 6.52. The Morgan fingerprint density at radius 2 is 1.89 bits per heavy atom. The van der Waals surface area contributed by atoms with Crippen molar-refractivity contribution in [2.24, 2.45) is 0 Å². The SMILES string of the molecule is O=C1C(=O)N(CCCCCl)c2cc(F)cc(F)c21. The third-order valence-electron chi connectivity index (χ3n) is 2.76. The highest BCUT2D eigenvalue weighted by Gasteiger charge is 2.38. The first-order valence-electron chi connectivity index (χ1n) is 5.47. The van der Waals surface area contributed by atoms with Crippen LogP contribution in [-0.2, 0) is 4.79 Å². The minimum Gasteiger partial charge on any atom is -0.305 e. The van der Waals surface area contributed by atoms with Gasteiger partial charge in [-0.2, -0.15) is 0 Å². The van der Waals surface area contributed by atoms with E-state index in [2.05, 4.69) is 0 Å². The summed E-state index contributed by atoms with van der Waals surface area (Å²) in [5.41, 5.74) is -0.329. The summed E-state index contributed by atoms with van der Waals surface area (Å²) in [5, 5.41) is 0. The van der Waals surface area contributed by atoms with Crippen molar-refractivity contribution in [3.63, 3.8) is 0 Å². The van der Waals surface area contributed by atoms with Crippen LogP contribution in [0.1, 0.15) is 23.2 Å². The zero-order valence-electron chi connectivity index (χ0n) is 9.38. The van der Waals surface area contributed by atoms with E-state index < -0.39 is 23.3 Å². The summed E-state index contributed by atoms with van der Waals surface area (Å²) < 4.78 is 26.6. The van der Waals surface area contributed by atoms with Gasteiger partial charge in [0.1, 0.15) is 11.6 Å². The standard InChI is InChI=1S/C12H10ClF2NO2/c13-3-1-2-4-16-9-6-7(14)5-8(15)10(9)11(17)12(16)18/h5-6H,1-4H2. The second-order valence-corrected chi connectivity index (χ2v) is 4.34. The molecule has 1 aliphatic heterocycles. The second kappa shape index (κ2) is 5.02. The number of hydrogen-bond acceptors (Lipinski definition) is 2. The number of halogens is 3. The molecular formula is C12H10ClF2NO2. The maximum Gasteiger partial charge on any atom is 0.299 e. The van der Waals surface area contributed by atoms with Gasteiger partial charge in [-0.15, -0.1) is 11.6 Å². The van der Waals surface area contributed by atoms with Crippen LogP contribution >= 0.6 is 11.6 Å². The van der Waals surface area contributed by atoms with Gasteiger partial charge in [-0.05, 0) is 18.9 Å². The van der Waals surface area contributed by atoms with Gasteiger partial charge in [-0.1, -0.05) is 0 Å². The van der Waals surface area contributed by atoms with E-state index in [1.165, 1.54) is 0 Å². The number of amides is 1. The Kier molecular flexibility index (Phi) is 3.61. The molecule has 0 saturated carbocycles. The van der Waals surface area contributed by atoms with E-state index in [9.17, 15) is 18.4 Å². The normalized spacial score (nSPS) is 14.3. The number of Topliss-reactive ketones (excluding diaryl/α,β-unsaturated/α-hetero) is 1. The maximum atomic E-state index is 13.5. The molecule has 0 saturated heterocycles. The first-order chi connectivity index (χ1) is 8.56. The number of nitrogens with zero attached hydrogens (tertiary/aromatic N) is 1. The van der Waals surface area contributed by atoms with Crippen molar-refractivity contribution in [3.8, 4) is 0 Å². The molecular weight excluding hydrogens is 264 g/mol. The number of hydrogen-bond donors (Lipinski definition) is 0. The van der Waals surface area contributed by atoms with E-state index in [1.54, 1.807) is 0 Å². The number of fused-ring (bicyclic) bond motifs is 1. The summed E-state index contributed by atoms with van der Waals surface area (Å²) in [6, 6.07) is 1.61. The Hall–Kier alpha value is -1.49. The van der Waals surface area contributed by atoms with E-state index in [0.29, 0.717) is 24.8 Å². The van der Waals surface area contributed by atoms with Crippen LogP contribution in [0, 0.1) is 11.6 Å². The lowest BCUT2D eigenvalue weighted by molar-refractivity contribution is -0.114. The summed E-state index contributed by atoms with van der Waals surface area (Å²) in [5.74, 6) is -3.11. The van der Waals surface area contributed by atoms with Crippen LogP contribution < -0.4 is 4.90 Å². The number of anilines is 1. The van der Waals surface area contributed by atoms with E-state index in [-0.39, 0.29) is 17.8 Å². The minimum atomic E-state index is -0.997. The van der Waals surface area contributed by atoms with Crippen molar-refractivity contribution < 1.29 is 18.4 Å². The molecule has 0 fully saturated rings. The number of carbonyl (C=O) groups is 2. The Morgan fingerprint density at radius 1 is 1.17 bits per heavy atom. The lowest BCUT2D eigenvalue weighted by Crippen LogP contribution is -2.30. The summed E-state index contributed by atoms with van der Waals surface area (Å²) in [6.07, 6.45) is 1.23. The van der Waals surface area contributed by atoms with Gasteiger partial charge >= 0.3 is 0 Å². The molecule has 1 heterocycles. The zero-order valence-corrected chi connectivity index (χ0v) is 10.1. The van der Waals surface area contributed by atoms with Crippen LogP contribution in [0.2, 0.25) is 0 Å². The molecule has 0 bridgehead atoms. The van der Waals surface area contributed by atoms with Crippen molar-refractivity contribution in [1.29, 1.82) is 0 Å². The first-order valence-corrected chi connectivity index (χ1v) is 6.01. The topological polar surface area (TPSA) is 37.4 Å². The van der Waals surface area contributed by atoms with E-state index in [0.717, 1.165) is 11.0 Å². The number of ketones is 1. The number of carbonyl (C=O) groups excluding carboxylic acids is 2. The largest absolute Gasteiger partial charge is 0.305 e. The predicted octanol–water partition coefficient (Wildman–Crippen LogP) is 2.51. The highest BCUT2D eigenvalue weighted by atomic mass is 35.5. The first kappa shape index (κ1) is 13.0. The molecule has 2 rings (SSSR count). The van der Waals surface area contributed by atoms with Gasteiger partial charge in [0.25, 0.3) is 11.7 Å². The van der Waals surface area contributed by atoms with E-state index >= 15 is 0 Å². The van der Waals surface area contributed by atoms with Crippen LogP contribution in [0.4, 0.5) is 14.5 Å². The Balaban J connectivity index is 2.35. The van der Waals surface area contributed by atoms with Gasteiger partial charge in [0.2, 0.25) is 0 Å². The molecule has 0 atom stereocenters. The quantitative estimate of drug-likeness (QED) is 0.480. The number of rotatable bonds is 4. The van der Waals surface area contributed by atoms with Crippen LogP contribution in [0.5, 0.6) is 0 Å². The molecule has 0 unspecified atom stereocenters. The van der Waals surface area contributed by atoms with Gasteiger partial charge in [0.15, 0.2) is 0 Å². The predicted molar refractivity (Wildman–Crippen MR) is 63.0 cm³/mol. The fourth-order valence-electron chi connectivity index (χ4n) is 1.92.